The lowest BCUT2D eigenvalue weighted by molar-refractivity contribution is 0.391. The molecule has 0 spiro atoms. The van der Waals surface area contributed by atoms with Crippen molar-refractivity contribution in [1.82, 2.24) is 19.7 Å². The number of thiophene rings is 1. The second-order valence-corrected chi connectivity index (χ2v) is 9.44. The van der Waals surface area contributed by atoms with Crippen LogP contribution >= 0.6 is 23.1 Å². The quantitative estimate of drug-likeness (QED) is 0.327. The summed E-state index contributed by atoms with van der Waals surface area (Å²) in [6.07, 6.45) is 0. The maximum atomic E-state index is 12.7. The predicted molar refractivity (Wildman–Crippen MR) is 118 cm³/mol. The maximum absolute atomic E-state index is 12.7. The maximum Gasteiger partial charge on any atom is 0.262 e. The van der Waals surface area contributed by atoms with Crippen LogP contribution in [0.2, 0.25) is 0 Å². The van der Waals surface area contributed by atoms with E-state index < -0.39 is 0 Å². The molecule has 3 aromatic heterocycles. The number of hydrogen-bond acceptors (Lipinski definition) is 7. The van der Waals surface area contributed by atoms with Gasteiger partial charge in [0.1, 0.15) is 4.83 Å². The molecule has 0 amide bonds. The van der Waals surface area contributed by atoms with Crippen LogP contribution in [0.15, 0.2) is 38.7 Å². The molecule has 0 aliphatic rings. The summed E-state index contributed by atoms with van der Waals surface area (Å²) in [5, 5.41) is 5.45. The summed E-state index contributed by atoms with van der Waals surface area (Å²) in [6.45, 7) is 8.31. The third-order valence-electron chi connectivity index (χ3n) is 5.00. The lowest BCUT2D eigenvalue weighted by atomic mass is 10.0. The number of aryl methyl sites for hydroxylation is 2. The molecule has 0 fully saturated rings. The Kier molecular flexibility index (Phi) is 5.31. The summed E-state index contributed by atoms with van der Waals surface area (Å²) in [4.78, 5) is 23.8. The van der Waals surface area contributed by atoms with Crippen molar-refractivity contribution < 1.29 is 4.52 Å². The molecule has 0 saturated carbocycles. The lowest BCUT2D eigenvalue weighted by Crippen LogP contribution is -2.19. The van der Waals surface area contributed by atoms with E-state index in [0.717, 1.165) is 20.8 Å². The van der Waals surface area contributed by atoms with Gasteiger partial charge in [0.05, 0.1) is 11.1 Å². The Morgan fingerprint density at radius 3 is 2.59 bits per heavy atom. The van der Waals surface area contributed by atoms with Gasteiger partial charge in [0, 0.05) is 17.5 Å². The van der Waals surface area contributed by atoms with Crippen LogP contribution in [-0.4, -0.2) is 19.7 Å². The fraction of sp³-hybridized carbons (Fsp3) is 0.333. The summed E-state index contributed by atoms with van der Waals surface area (Å²) in [7, 11) is 1.75. The van der Waals surface area contributed by atoms with Gasteiger partial charge in [0.25, 0.3) is 5.56 Å². The molecule has 0 bridgehead atoms. The topological polar surface area (TPSA) is 73.8 Å². The molecular formula is C21H22N4O2S2. The van der Waals surface area contributed by atoms with Crippen molar-refractivity contribution in [3.05, 3.63) is 56.5 Å². The fourth-order valence-electron chi connectivity index (χ4n) is 3.06. The minimum atomic E-state index is -0.0178. The molecule has 0 atom stereocenters. The van der Waals surface area contributed by atoms with Gasteiger partial charge >= 0.3 is 0 Å². The van der Waals surface area contributed by atoms with Crippen LogP contribution < -0.4 is 5.56 Å². The van der Waals surface area contributed by atoms with E-state index in [0.29, 0.717) is 33.9 Å². The number of aromatic nitrogens is 4. The molecule has 0 radical (unpaired) electrons. The van der Waals surface area contributed by atoms with Crippen molar-refractivity contribution in [2.75, 3.05) is 0 Å². The molecule has 3 heterocycles. The smallest absolute Gasteiger partial charge is 0.262 e. The molecule has 150 valence electrons. The van der Waals surface area contributed by atoms with Gasteiger partial charge in [-0.15, -0.1) is 11.3 Å². The normalized spacial score (nSPS) is 11.7. The number of nitrogens with zero attached hydrogens (tertiary/aromatic N) is 4. The molecule has 0 aliphatic carbocycles. The zero-order valence-corrected chi connectivity index (χ0v) is 18.6. The van der Waals surface area contributed by atoms with Crippen molar-refractivity contribution in [1.29, 1.82) is 0 Å². The predicted octanol–water partition coefficient (Wildman–Crippen LogP) is 5.08. The van der Waals surface area contributed by atoms with Gasteiger partial charge in [-0.2, -0.15) is 4.98 Å². The highest BCUT2D eigenvalue weighted by atomic mass is 32.2. The van der Waals surface area contributed by atoms with Crippen LogP contribution in [0.25, 0.3) is 21.6 Å². The Labute approximate surface area is 177 Å². The number of fused-ring (bicyclic) bond motifs is 1. The van der Waals surface area contributed by atoms with Crippen LogP contribution in [0.5, 0.6) is 0 Å². The molecule has 0 saturated heterocycles. The monoisotopic (exact) mass is 426 g/mol. The molecular weight excluding hydrogens is 404 g/mol. The van der Waals surface area contributed by atoms with Crippen LogP contribution in [0.3, 0.4) is 0 Å². The largest absolute Gasteiger partial charge is 0.338 e. The zero-order chi connectivity index (χ0) is 20.7. The van der Waals surface area contributed by atoms with Crippen LogP contribution in [0.1, 0.15) is 41.7 Å². The first-order valence-corrected chi connectivity index (χ1v) is 11.2. The molecule has 8 heteroatoms. The van der Waals surface area contributed by atoms with Crippen molar-refractivity contribution in [2.24, 2.45) is 7.05 Å². The minimum Gasteiger partial charge on any atom is -0.338 e. The summed E-state index contributed by atoms with van der Waals surface area (Å²) < 4.78 is 7.00. The second-order valence-electron chi connectivity index (χ2n) is 7.30. The third-order valence-corrected chi connectivity index (χ3v) is 7.11. The van der Waals surface area contributed by atoms with Crippen molar-refractivity contribution in [3.63, 3.8) is 0 Å². The van der Waals surface area contributed by atoms with Crippen LogP contribution in [0, 0.1) is 13.8 Å². The summed E-state index contributed by atoms with van der Waals surface area (Å²) >= 11 is 2.97. The van der Waals surface area contributed by atoms with Gasteiger partial charge in [0.15, 0.2) is 5.16 Å². The minimum absolute atomic E-state index is 0.0178. The Morgan fingerprint density at radius 1 is 1.17 bits per heavy atom. The van der Waals surface area contributed by atoms with Crippen LogP contribution in [0.4, 0.5) is 0 Å². The van der Waals surface area contributed by atoms with E-state index in [1.54, 1.807) is 23.0 Å². The first kappa shape index (κ1) is 19.8. The zero-order valence-electron chi connectivity index (χ0n) is 17.0. The summed E-state index contributed by atoms with van der Waals surface area (Å²) in [6, 6.07) is 8.20. The number of thioether (sulfide) groups is 1. The highest BCUT2D eigenvalue weighted by molar-refractivity contribution is 7.98. The Morgan fingerprint density at radius 2 is 1.90 bits per heavy atom. The average molecular weight is 427 g/mol. The molecule has 0 aliphatic heterocycles. The Hall–Kier alpha value is -2.45. The molecule has 4 rings (SSSR count). The van der Waals surface area contributed by atoms with Crippen molar-refractivity contribution in [2.45, 2.75) is 44.5 Å². The SMILES string of the molecule is Cc1sc2nc(SCc3nc(-c4ccc(C(C)C)cc4)no3)n(C)c(=O)c2c1C. The first-order valence-electron chi connectivity index (χ1n) is 9.37. The van der Waals surface area contributed by atoms with E-state index in [1.807, 2.05) is 26.0 Å². The molecule has 1 aromatic carbocycles. The highest BCUT2D eigenvalue weighted by Gasteiger charge is 2.16. The number of benzene rings is 1. The van der Waals surface area contributed by atoms with Gasteiger partial charge in [-0.25, -0.2) is 4.98 Å². The lowest BCUT2D eigenvalue weighted by Gasteiger charge is -2.05. The Balaban J connectivity index is 1.54. The van der Waals surface area contributed by atoms with Crippen molar-refractivity contribution >= 4 is 33.3 Å². The fourth-order valence-corrected chi connectivity index (χ4v) is 4.94. The Bertz CT molecular complexity index is 1240. The van der Waals surface area contributed by atoms with Gasteiger partial charge in [-0.05, 0) is 30.9 Å². The standard InChI is InChI=1S/C21H22N4O2S2/c1-11(2)14-6-8-15(9-7-14)18-22-16(27-24-18)10-28-21-23-19-17(20(26)25(21)5)12(3)13(4)29-19/h6-9,11H,10H2,1-5H3. The molecule has 29 heavy (non-hydrogen) atoms. The van der Waals surface area contributed by atoms with Gasteiger partial charge in [-0.3, -0.25) is 9.36 Å². The van der Waals surface area contributed by atoms with E-state index >= 15 is 0 Å². The number of rotatable bonds is 5. The first-order chi connectivity index (χ1) is 13.8. The molecule has 6 nitrogen and oxygen atoms in total. The van der Waals surface area contributed by atoms with E-state index in [4.69, 9.17) is 4.52 Å². The van der Waals surface area contributed by atoms with E-state index in [-0.39, 0.29) is 5.56 Å². The summed E-state index contributed by atoms with van der Waals surface area (Å²) in [5.74, 6) is 2.00. The molecule has 0 N–H and O–H groups in total. The van der Waals surface area contributed by atoms with Gasteiger partial charge in [0.2, 0.25) is 11.7 Å². The van der Waals surface area contributed by atoms with Gasteiger partial charge < -0.3 is 4.52 Å². The number of hydrogen-bond donors (Lipinski definition) is 0. The second kappa shape index (κ2) is 7.76. The van der Waals surface area contributed by atoms with Crippen molar-refractivity contribution in [3.8, 4) is 11.4 Å². The molecule has 4 aromatic rings. The van der Waals surface area contributed by atoms with Gasteiger partial charge in [-0.1, -0.05) is 55.0 Å². The summed E-state index contributed by atoms with van der Waals surface area (Å²) in [5.41, 5.74) is 3.19. The van der Waals surface area contributed by atoms with E-state index in [2.05, 4.69) is 41.1 Å². The molecule has 0 unspecified atom stereocenters. The third kappa shape index (κ3) is 3.74. The van der Waals surface area contributed by atoms with E-state index in [9.17, 15) is 4.79 Å². The average Bonchev–Trinajstić information content (AvgIpc) is 3.28. The highest BCUT2D eigenvalue weighted by Crippen LogP contribution is 2.29. The van der Waals surface area contributed by atoms with Crippen LogP contribution in [-0.2, 0) is 12.8 Å². The van der Waals surface area contributed by atoms with E-state index in [1.165, 1.54) is 17.3 Å².